The first-order valence-corrected chi connectivity index (χ1v) is 6.22. The summed E-state index contributed by atoms with van der Waals surface area (Å²) in [5, 5.41) is 17.7. The number of carbonyl (C=O) groups is 1. The zero-order chi connectivity index (χ0) is 13.3. The van der Waals surface area contributed by atoms with Crippen LogP contribution in [0.3, 0.4) is 0 Å². The van der Waals surface area contributed by atoms with E-state index in [4.69, 9.17) is 5.11 Å². The number of hydrogen-bond acceptors (Lipinski definition) is 5. The van der Waals surface area contributed by atoms with E-state index < -0.39 is 5.97 Å². The molecule has 0 saturated heterocycles. The highest BCUT2D eigenvalue weighted by molar-refractivity contribution is 7.99. The van der Waals surface area contributed by atoms with Crippen molar-refractivity contribution in [2.45, 2.75) is 12.1 Å². The molecule has 0 saturated carbocycles. The molecule has 18 heavy (non-hydrogen) atoms. The Morgan fingerprint density at radius 3 is 2.67 bits per heavy atom. The molecule has 0 aliphatic rings. The summed E-state index contributed by atoms with van der Waals surface area (Å²) in [6, 6.07) is 1.89. The first kappa shape index (κ1) is 12.6. The quantitative estimate of drug-likeness (QED) is 0.821. The van der Waals surface area contributed by atoms with Gasteiger partial charge in [-0.15, -0.1) is 5.10 Å². The molecule has 0 bridgehead atoms. The number of hydrogen-bond donors (Lipinski definition) is 1. The molecule has 0 radical (unpaired) electrons. The number of carboxylic acids is 1. The average Bonchev–Trinajstić information content (AvgIpc) is 2.79. The molecule has 96 valence electrons. The summed E-state index contributed by atoms with van der Waals surface area (Å²) in [5.41, 5.74) is 1.70. The van der Waals surface area contributed by atoms with Crippen LogP contribution in [0.1, 0.15) is 5.69 Å². The van der Waals surface area contributed by atoms with Crippen LogP contribution in [0, 0.1) is 6.92 Å². The first-order chi connectivity index (χ1) is 8.47. The molecule has 0 amide bonds. The van der Waals surface area contributed by atoms with Crippen molar-refractivity contribution >= 4 is 17.7 Å². The minimum Gasteiger partial charge on any atom is -0.481 e. The van der Waals surface area contributed by atoms with E-state index in [-0.39, 0.29) is 5.75 Å². The zero-order valence-electron chi connectivity index (χ0n) is 10.3. The minimum atomic E-state index is -0.874. The van der Waals surface area contributed by atoms with Gasteiger partial charge >= 0.3 is 5.97 Å². The van der Waals surface area contributed by atoms with Crippen molar-refractivity contribution in [1.29, 1.82) is 0 Å². The van der Waals surface area contributed by atoms with Crippen LogP contribution in [-0.2, 0) is 18.9 Å². The molecule has 0 aromatic carbocycles. The molecule has 0 spiro atoms. The van der Waals surface area contributed by atoms with Crippen LogP contribution in [0.15, 0.2) is 11.2 Å². The highest BCUT2D eigenvalue weighted by Gasteiger charge is 2.14. The Labute approximate surface area is 108 Å². The van der Waals surface area contributed by atoms with Crippen LogP contribution in [0.2, 0.25) is 0 Å². The van der Waals surface area contributed by atoms with Gasteiger partial charge in [-0.3, -0.25) is 9.48 Å². The molecule has 0 aliphatic heterocycles. The number of aromatic nitrogens is 5. The molecule has 2 aromatic rings. The predicted molar refractivity (Wildman–Crippen MR) is 66.3 cm³/mol. The maximum Gasteiger partial charge on any atom is 0.313 e. The van der Waals surface area contributed by atoms with Gasteiger partial charge in [0.25, 0.3) is 0 Å². The second-order valence-electron chi connectivity index (χ2n) is 3.82. The Morgan fingerprint density at radius 1 is 1.39 bits per heavy atom. The lowest BCUT2D eigenvalue weighted by Crippen LogP contribution is -2.00. The summed E-state index contributed by atoms with van der Waals surface area (Å²) in [7, 11) is 3.56. The summed E-state index contributed by atoms with van der Waals surface area (Å²) in [4.78, 5) is 14.8. The largest absolute Gasteiger partial charge is 0.481 e. The summed E-state index contributed by atoms with van der Waals surface area (Å²) in [5.74, 6) is -0.356. The van der Waals surface area contributed by atoms with Crippen LogP contribution in [0.25, 0.3) is 11.5 Å². The lowest BCUT2D eigenvalue weighted by atomic mass is 10.3. The maximum atomic E-state index is 10.5. The van der Waals surface area contributed by atoms with Gasteiger partial charge in [0.1, 0.15) is 5.69 Å². The van der Waals surface area contributed by atoms with Crippen molar-refractivity contribution in [1.82, 2.24) is 24.5 Å². The number of thioether (sulfide) groups is 1. The molecule has 0 fully saturated rings. The predicted octanol–water partition coefficient (Wildman–Crippen LogP) is 0.701. The van der Waals surface area contributed by atoms with E-state index in [0.717, 1.165) is 23.1 Å². The highest BCUT2D eigenvalue weighted by Crippen LogP contribution is 2.21. The van der Waals surface area contributed by atoms with Crippen molar-refractivity contribution in [3.63, 3.8) is 0 Å². The molecular formula is C10H13N5O2S. The number of rotatable bonds is 4. The molecular weight excluding hydrogens is 254 g/mol. The van der Waals surface area contributed by atoms with Gasteiger partial charge in [-0.2, -0.15) is 10.1 Å². The first-order valence-electron chi connectivity index (χ1n) is 5.24. The fraction of sp³-hybridized carbons (Fsp3) is 0.400. The SMILES string of the molecule is Cc1cc(-c2nc(SCC(=O)O)n(C)n2)n(C)n1. The van der Waals surface area contributed by atoms with Gasteiger partial charge in [-0.1, -0.05) is 11.8 Å². The fourth-order valence-corrected chi connectivity index (χ4v) is 2.18. The Morgan fingerprint density at radius 2 is 2.11 bits per heavy atom. The summed E-state index contributed by atoms with van der Waals surface area (Å²) in [6.45, 7) is 1.90. The summed E-state index contributed by atoms with van der Waals surface area (Å²) < 4.78 is 3.28. The molecule has 1 N–H and O–H groups in total. The number of aryl methyl sites for hydroxylation is 3. The molecule has 0 aliphatic carbocycles. The lowest BCUT2D eigenvalue weighted by Gasteiger charge is -1.94. The van der Waals surface area contributed by atoms with E-state index in [9.17, 15) is 4.79 Å². The topological polar surface area (TPSA) is 85.8 Å². The highest BCUT2D eigenvalue weighted by atomic mass is 32.2. The van der Waals surface area contributed by atoms with Gasteiger partial charge < -0.3 is 5.11 Å². The third-order valence-electron chi connectivity index (χ3n) is 2.28. The Balaban J connectivity index is 2.28. The maximum absolute atomic E-state index is 10.5. The third kappa shape index (κ3) is 2.53. The van der Waals surface area contributed by atoms with Crippen LogP contribution < -0.4 is 0 Å². The Hall–Kier alpha value is -1.83. The van der Waals surface area contributed by atoms with Crippen molar-refractivity contribution in [3.8, 4) is 11.5 Å². The fourth-order valence-electron chi connectivity index (χ4n) is 1.55. The van der Waals surface area contributed by atoms with E-state index in [1.165, 1.54) is 0 Å². The molecule has 0 unspecified atom stereocenters. The summed E-state index contributed by atoms with van der Waals surface area (Å²) in [6.07, 6.45) is 0. The van der Waals surface area contributed by atoms with E-state index >= 15 is 0 Å². The van der Waals surface area contributed by atoms with Crippen molar-refractivity contribution in [3.05, 3.63) is 11.8 Å². The number of aliphatic carboxylic acids is 1. The second-order valence-corrected chi connectivity index (χ2v) is 4.76. The molecule has 2 heterocycles. The van der Waals surface area contributed by atoms with Gasteiger partial charge in [-0.05, 0) is 13.0 Å². The smallest absolute Gasteiger partial charge is 0.313 e. The summed E-state index contributed by atoms with van der Waals surface area (Å²) >= 11 is 1.14. The normalized spacial score (nSPS) is 10.8. The van der Waals surface area contributed by atoms with Crippen LogP contribution in [0.4, 0.5) is 0 Å². The minimum absolute atomic E-state index is 0.0314. The Kier molecular flexibility index (Phi) is 3.37. The molecule has 2 rings (SSSR count). The van der Waals surface area contributed by atoms with Crippen LogP contribution >= 0.6 is 11.8 Å². The Bertz CT molecular complexity index is 589. The van der Waals surface area contributed by atoms with E-state index in [1.807, 2.05) is 20.0 Å². The third-order valence-corrected chi connectivity index (χ3v) is 3.28. The monoisotopic (exact) mass is 267 g/mol. The van der Waals surface area contributed by atoms with Crippen molar-refractivity contribution in [2.75, 3.05) is 5.75 Å². The van der Waals surface area contributed by atoms with Gasteiger partial charge in [0, 0.05) is 14.1 Å². The lowest BCUT2D eigenvalue weighted by molar-refractivity contribution is -0.133. The zero-order valence-corrected chi connectivity index (χ0v) is 11.1. The van der Waals surface area contributed by atoms with Gasteiger partial charge in [0.2, 0.25) is 0 Å². The van der Waals surface area contributed by atoms with Gasteiger partial charge in [0.05, 0.1) is 11.4 Å². The van der Waals surface area contributed by atoms with Gasteiger partial charge in [0.15, 0.2) is 11.0 Å². The second kappa shape index (κ2) is 4.81. The molecule has 0 atom stereocenters. The van der Waals surface area contributed by atoms with Crippen molar-refractivity contribution in [2.24, 2.45) is 14.1 Å². The molecule has 2 aromatic heterocycles. The van der Waals surface area contributed by atoms with Gasteiger partial charge in [-0.25, -0.2) is 4.68 Å². The van der Waals surface area contributed by atoms with Crippen LogP contribution in [0.5, 0.6) is 0 Å². The van der Waals surface area contributed by atoms with E-state index in [0.29, 0.717) is 11.0 Å². The number of nitrogens with zero attached hydrogens (tertiary/aromatic N) is 5. The average molecular weight is 267 g/mol. The van der Waals surface area contributed by atoms with E-state index in [1.54, 1.807) is 16.4 Å². The van der Waals surface area contributed by atoms with Crippen LogP contribution in [-0.4, -0.2) is 41.4 Å². The molecule has 8 heteroatoms. The standard InChI is InChI=1S/C10H13N5O2S/c1-6-4-7(14(2)12-6)9-11-10(15(3)13-9)18-5-8(16)17/h4H,5H2,1-3H3,(H,16,17). The van der Waals surface area contributed by atoms with E-state index in [2.05, 4.69) is 15.2 Å². The molecule has 7 nitrogen and oxygen atoms in total. The number of carboxylic acid groups (broad SMARTS) is 1. The van der Waals surface area contributed by atoms with Crippen molar-refractivity contribution < 1.29 is 9.90 Å².